The van der Waals surface area contributed by atoms with Crippen LogP contribution in [0.5, 0.6) is 0 Å². The van der Waals surface area contributed by atoms with Crippen molar-refractivity contribution < 1.29 is 9.59 Å². The molecule has 0 unspecified atom stereocenters. The van der Waals surface area contributed by atoms with Gasteiger partial charge in [0.25, 0.3) is 5.91 Å². The highest BCUT2D eigenvalue weighted by Gasteiger charge is 2.25. The smallest absolute Gasteiger partial charge is 0.255 e. The Balaban J connectivity index is 1.57. The van der Waals surface area contributed by atoms with Gasteiger partial charge in [0, 0.05) is 36.0 Å². The van der Waals surface area contributed by atoms with Crippen molar-refractivity contribution in [2.45, 2.75) is 11.3 Å². The Kier molecular flexibility index (Phi) is 5.03. The molecule has 0 N–H and O–H groups in total. The quantitative estimate of drug-likeness (QED) is 0.868. The van der Waals surface area contributed by atoms with E-state index in [1.54, 1.807) is 22.3 Å². The SMILES string of the molecule is O=C(Cc1cccs1)N1CCN(C(=O)c2ccccc2S)CC1. The summed E-state index contributed by atoms with van der Waals surface area (Å²) in [4.78, 5) is 30.2. The van der Waals surface area contributed by atoms with Crippen LogP contribution in [0.3, 0.4) is 0 Å². The van der Waals surface area contributed by atoms with Crippen LogP contribution in [0, 0.1) is 0 Å². The molecule has 2 aromatic rings. The Morgan fingerprint density at radius 3 is 2.35 bits per heavy atom. The van der Waals surface area contributed by atoms with Crippen LogP contribution in [0.25, 0.3) is 0 Å². The third-order valence-electron chi connectivity index (χ3n) is 3.96. The van der Waals surface area contributed by atoms with E-state index in [4.69, 9.17) is 0 Å². The topological polar surface area (TPSA) is 40.6 Å². The van der Waals surface area contributed by atoms with Gasteiger partial charge in [0.15, 0.2) is 0 Å². The summed E-state index contributed by atoms with van der Waals surface area (Å²) in [5, 5.41) is 1.98. The van der Waals surface area contributed by atoms with E-state index < -0.39 is 0 Å². The summed E-state index contributed by atoms with van der Waals surface area (Å²) in [6.07, 6.45) is 0.449. The number of carbonyl (C=O) groups is 2. The van der Waals surface area contributed by atoms with Crippen LogP contribution in [0.2, 0.25) is 0 Å². The summed E-state index contributed by atoms with van der Waals surface area (Å²) in [6.45, 7) is 2.31. The molecular formula is C17H18N2O2S2. The molecule has 23 heavy (non-hydrogen) atoms. The number of piperazine rings is 1. The van der Waals surface area contributed by atoms with Crippen LogP contribution in [0.1, 0.15) is 15.2 Å². The van der Waals surface area contributed by atoms with Gasteiger partial charge in [-0.15, -0.1) is 24.0 Å². The fourth-order valence-corrected chi connectivity index (χ4v) is 3.61. The van der Waals surface area contributed by atoms with Gasteiger partial charge in [0.2, 0.25) is 5.91 Å². The van der Waals surface area contributed by atoms with Gasteiger partial charge in [-0.1, -0.05) is 18.2 Å². The lowest BCUT2D eigenvalue weighted by Crippen LogP contribution is -2.51. The van der Waals surface area contributed by atoms with Gasteiger partial charge in [-0.05, 0) is 23.6 Å². The van der Waals surface area contributed by atoms with E-state index in [1.807, 2.05) is 40.6 Å². The number of carbonyl (C=O) groups excluding carboxylic acids is 2. The molecule has 0 spiro atoms. The standard InChI is InChI=1S/C17H18N2O2S2/c20-16(12-13-4-3-11-23-13)18-7-9-19(10-8-18)17(21)14-5-1-2-6-15(14)22/h1-6,11,22H,7-10,12H2. The molecule has 6 heteroatoms. The normalized spacial score (nSPS) is 14.8. The predicted octanol–water partition coefficient (Wildman–Crippen LogP) is 2.56. The van der Waals surface area contributed by atoms with Crippen molar-refractivity contribution in [2.75, 3.05) is 26.2 Å². The molecule has 1 aliphatic rings. The molecule has 1 aliphatic heterocycles. The predicted molar refractivity (Wildman–Crippen MR) is 94.2 cm³/mol. The Morgan fingerprint density at radius 1 is 1.00 bits per heavy atom. The zero-order valence-electron chi connectivity index (χ0n) is 12.6. The molecule has 0 aliphatic carbocycles. The van der Waals surface area contributed by atoms with Gasteiger partial charge in [-0.25, -0.2) is 0 Å². The zero-order valence-corrected chi connectivity index (χ0v) is 14.4. The van der Waals surface area contributed by atoms with Crippen molar-refractivity contribution in [1.82, 2.24) is 9.80 Å². The molecule has 2 heterocycles. The molecule has 3 rings (SSSR count). The van der Waals surface area contributed by atoms with Gasteiger partial charge in [-0.3, -0.25) is 9.59 Å². The minimum absolute atomic E-state index is 0.0130. The molecular weight excluding hydrogens is 328 g/mol. The average Bonchev–Trinajstić information content (AvgIpc) is 3.08. The van der Waals surface area contributed by atoms with Crippen molar-refractivity contribution in [3.05, 3.63) is 52.2 Å². The highest BCUT2D eigenvalue weighted by molar-refractivity contribution is 7.80. The van der Waals surface area contributed by atoms with Crippen LogP contribution in [-0.4, -0.2) is 47.8 Å². The van der Waals surface area contributed by atoms with Crippen LogP contribution in [-0.2, 0) is 11.2 Å². The number of hydrogen-bond donors (Lipinski definition) is 1. The third kappa shape index (κ3) is 3.76. The van der Waals surface area contributed by atoms with Crippen LogP contribution >= 0.6 is 24.0 Å². The third-order valence-corrected chi connectivity index (χ3v) is 5.23. The second-order valence-electron chi connectivity index (χ2n) is 5.45. The maximum absolute atomic E-state index is 12.5. The Labute approximate surface area is 145 Å². The summed E-state index contributed by atoms with van der Waals surface area (Å²) < 4.78 is 0. The second-order valence-corrected chi connectivity index (χ2v) is 6.96. The van der Waals surface area contributed by atoms with Gasteiger partial charge < -0.3 is 9.80 Å². The first-order valence-electron chi connectivity index (χ1n) is 7.52. The molecule has 0 bridgehead atoms. The molecule has 1 aromatic heterocycles. The van der Waals surface area contributed by atoms with E-state index in [0.29, 0.717) is 43.1 Å². The fourth-order valence-electron chi connectivity index (χ4n) is 2.66. The molecule has 0 radical (unpaired) electrons. The summed E-state index contributed by atoms with van der Waals surface area (Å²) in [6, 6.07) is 11.2. The highest BCUT2D eigenvalue weighted by Crippen LogP contribution is 2.17. The number of amides is 2. The first-order chi connectivity index (χ1) is 11.1. The molecule has 2 amide bonds. The van der Waals surface area contributed by atoms with Gasteiger partial charge in [-0.2, -0.15) is 0 Å². The summed E-state index contributed by atoms with van der Waals surface area (Å²) in [7, 11) is 0. The van der Waals surface area contributed by atoms with Crippen LogP contribution < -0.4 is 0 Å². The lowest BCUT2D eigenvalue weighted by Gasteiger charge is -2.35. The van der Waals surface area contributed by atoms with E-state index in [1.165, 1.54) is 0 Å². The van der Waals surface area contributed by atoms with Crippen molar-refractivity contribution in [3.63, 3.8) is 0 Å². The number of rotatable bonds is 3. The molecule has 4 nitrogen and oxygen atoms in total. The van der Waals surface area contributed by atoms with Crippen molar-refractivity contribution in [1.29, 1.82) is 0 Å². The van der Waals surface area contributed by atoms with Gasteiger partial charge in [0.05, 0.1) is 12.0 Å². The van der Waals surface area contributed by atoms with E-state index >= 15 is 0 Å². The Bertz CT molecular complexity index is 692. The molecule has 0 atom stereocenters. The number of thiophene rings is 1. The monoisotopic (exact) mass is 346 g/mol. The highest BCUT2D eigenvalue weighted by atomic mass is 32.1. The van der Waals surface area contributed by atoms with Crippen molar-refractivity contribution >= 4 is 35.8 Å². The average molecular weight is 346 g/mol. The number of nitrogens with zero attached hydrogens (tertiary/aromatic N) is 2. The summed E-state index contributed by atoms with van der Waals surface area (Å²) in [5.41, 5.74) is 0.620. The summed E-state index contributed by atoms with van der Waals surface area (Å²) in [5.74, 6) is 0.120. The number of thiol groups is 1. The van der Waals surface area contributed by atoms with Crippen LogP contribution in [0.15, 0.2) is 46.7 Å². The van der Waals surface area contributed by atoms with Crippen LogP contribution in [0.4, 0.5) is 0 Å². The largest absolute Gasteiger partial charge is 0.339 e. The van der Waals surface area contributed by atoms with Gasteiger partial charge in [0.1, 0.15) is 0 Å². The zero-order chi connectivity index (χ0) is 16.2. The fraction of sp³-hybridized carbons (Fsp3) is 0.294. The van der Waals surface area contributed by atoms with Crippen molar-refractivity contribution in [3.8, 4) is 0 Å². The van der Waals surface area contributed by atoms with E-state index in [9.17, 15) is 9.59 Å². The summed E-state index contributed by atoms with van der Waals surface area (Å²) >= 11 is 5.94. The minimum atomic E-state index is -0.0130. The minimum Gasteiger partial charge on any atom is -0.339 e. The Hall–Kier alpha value is -1.79. The first-order valence-corrected chi connectivity index (χ1v) is 8.85. The Morgan fingerprint density at radius 2 is 1.70 bits per heavy atom. The molecule has 1 fully saturated rings. The van der Waals surface area contributed by atoms with Gasteiger partial charge >= 0.3 is 0 Å². The van der Waals surface area contributed by atoms with E-state index in [2.05, 4.69) is 12.6 Å². The maximum Gasteiger partial charge on any atom is 0.255 e. The second kappa shape index (κ2) is 7.19. The lowest BCUT2D eigenvalue weighted by atomic mass is 10.1. The molecule has 120 valence electrons. The van der Waals surface area contributed by atoms with Crippen molar-refractivity contribution in [2.24, 2.45) is 0 Å². The maximum atomic E-state index is 12.5. The molecule has 1 aromatic carbocycles. The van der Waals surface area contributed by atoms with E-state index in [-0.39, 0.29) is 11.8 Å². The number of hydrogen-bond acceptors (Lipinski definition) is 4. The molecule has 1 saturated heterocycles. The first kappa shape index (κ1) is 16.1. The molecule has 0 saturated carbocycles. The van der Waals surface area contributed by atoms with E-state index in [0.717, 1.165) is 4.88 Å². The lowest BCUT2D eigenvalue weighted by molar-refractivity contribution is -0.131. The number of benzene rings is 1.